The topological polar surface area (TPSA) is 206 Å². The Labute approximate surface area is 343 Å². The number of fused-ring (bicyclic) bond motifs is 2. The zero-order chi connectivity index (χ0) is 33.2. The van der Waals surface area contributed by atoms with Crippen LogP contribution in [0.3, 0.4) is 0 Å². The fourth-order valence-electron chi connectivity index (χ4n) is 4.34. The Balaban J connectivity index is 0.000000367. The third-order valence-corrected chi connectivity index (χ3v) is 8.98. The number of rotatable bonds is 7. The quantitative estimate of drug-likeness (QED) is 0.0801. The van der Waals surface area contributed by atoms with Crippen LogP contribution in [-0.2, 0) is 11.2 Å². The van der Waals surface area contributed by atoms with Gasteiger partial charge in [-0.05, 0) is 83.2 Å². The molecule has 0 spiro atoms. The van der Waals surface area contributed by atoms with E-state index in [4.69, 9.17) is 14.6 Å². The summed E-state index contributed by atoms with van der Waals surface area (Å²) >= 11 is 13.0. The fraction of sp³-hybridized carbons (Fsp3) is 0.0690. The van der Waals surface area contributed by atoms with Crippen LogP contribution in [-0.4, -0.2) is 33.2 Å². The van der Waals surface area contributed by atoms with Crippen LogP contribution in [0.4, 0.5) is 0 Å². The van der Waals surface area contributed by atoms with Gasteiger partial charge in [-0.1, -0.05) is 58.1 Å². The van der Waals surface area contributed by atoms with Gasteiger partial charge < -0.3 is 29.6 Å². The number of aliphatic carboxylic acids is 1. The second-order valence-electron chi connectivity index (χ2n) is 9.21. The summed E-state index contributed by atoms with van der Waals surface area (Å²) in [5.74, 6) is -2.74. The van der Waals surface area contributed by atoms with Crippen molar-refractivity contribution in [1.82, 2.24) is 5.43 Å². The number of benzene rings is 4. The van der Waals surface area contributed by atoms with E-state index < -0.39 is 23.0 Å². The molecule has 47 heavy (non-hydrogen) atoms. The van der Waals surface area contributed by atoms with Crippen LogP contribution in [0.1, 0.15) is 15.9 Å². The molecule has 1 heterocycles. The molecular weight excluding hydrogens is 902 g/mol. The van der Waals surface area contributed by atoms with Crippen LogP contribution in [0.15, 0.2) is 87.8 Å². The summed E-state index contributed by atoms with van der Waals surface area (Å²) in [7, 11) is 0. The number of phenols is 1. The van der Waals surface area contributed by atoms with Crippen LogP contribution in [0.2, 0.25) is 0 Å². The van der Waals surface area contributed by atoms with Gasteiger partial charge in [0.05, 0.1) is 14.9 Å². The average Bonchev–Trinajstić information content (AvgIpc) is 2.99. The Morgan fingerprint density at radius 1 is 0.936 bits per heavy atom. The van der Waals surface area contributed by atoms with E-state index in [1.165, 1.54) is 30.3 Å². The first-order valence-corrected chi connectivity index (χ1v) is 15.5. The zero-order valence-corrected chi connectivity index (χ0v) is 34.5. The molecule has 2 aliphatic rings. The first kappa shape index (κ1) is 41.2. The van der Waals surface area contributed by atoms with E-state index >= 15 is 0 Å². The van der Waals surface area contributed by atoms with Crippen LogP contribution in [0.25, 0.3) is 33.4 Å². The number of carboxylic acid groups (broad SMARTS) is 2. The molecule has 0 amide bonds. The van der Waals surface area contributed by atoms with E-state index in [0.29, 0.717) is 27.6 Å². The number of carbonyl (C=O) groups excluding carboxylic acids is 1. The molecule has 1 aliphatic carbocycles. The second kappa shape index (κ2) is 17.6. The molecule has 0 saturated carbocycles. The SMILES string of the molecule is O=C(O)C(Cc1ccc(O)cc1)N[N+](=O)[O-].O=C([O-])c1ccccc1-c1c2cc(Br)c(=O)c(Br)c-2oc2c(Br)c([O-])c(Br)cc12.[Na+].[Na+]. The molecule has 0 aromatic heterocycles. The molecule has 3 N–H and O–H groups in total. The number of nitrogens with one attached hydrogen (secondary N) is 1. The minimum atomic E-state index is -1.35. The third kappa shape index (κ3) is 9.38. The number of aromatic carboxylic acids is 1. The van der Waals surface area contributed by atoms with Gasteiger partial charge in [0.2, 0.25) is 5.43 Å². The van der Waals surface area contributed by atoms with Gasteiger partial charge >= 0.3 is 65.1 Å². The van der Waals surface area contributed by atoms with Crippen molar-refractivity contribution < 1.29 is 98.6 Å². The number of phenolic OH excluding ortho intramolecular Hbond substituents is 1. The summed E-state index contributed by atoms with van der Waals surface area (Å²) in [5, 5.41) is 51.7. The Morgan fingerprint density at radius 2 is 1.55 bits per heavy atom. The van der Waals surface area contributed by atoms with E-state index in [9.17, 15) is 34.7 Å². The van der Waals surface area contributed by atoms with Gasteiger partial charge in [-0.15, -0.1) is 5.43 Å². The molecule has 232 valence electrons. The fourth-order valence-corrected chi connectivity index (χ4v) is 6.74. The zero-order valence-electron chi connectivity index (χ0n) is 24.2. The van der Waals surface area contributed by atoms with Gasteiger partial charge in [0, 0.05) is 33.0 Å². The second-order valence-corrected chi connectivity index (χ2v) is 12.5. The molecule has 1 aliphatic heterocycles. The Bertz CT molecular complexity index is 2010. The molecule has 1 unspecified atom stereocenters. The molecule has 12 nitrogen and oxygen atoms in total. The smallest absolute Gasteiger partial charge is 0.871 e. The number of nitrogens with zero attached hydrogens (tertiary/aromatic N) is 1. The first-order chi connectivity index (χ1) is 21.2. The van der Waals surface area contributed by atoms with Gasteiger partial charge in [0.25, 0.3) is 0 Å². The summed E-state index contributed by atoms with van der Waals surface area (Å²) in [6.45, 7) is 0. The third-order valence-electron chi connectivity index (χ3n) is 6.36. The van der Waals surface area contributed by atoms with Crippen molar-refractivity contribution in [1.29, 1.82) is 0 Å². The van der Waals surface area contributed by atoms with Crippen molar-refractivity contribution in [2.24, 2.45) is 0 Å². The summed E-state index contributed by atoms with van der Waals surface area (Å²) < 4.78 is 6.80. The minimum absolute atomic E-state index is 0. The Morgan fingerprint density at radius 3 is 2.13 bits per heavy atom. The van der Waals surface area contributed by atoms with E-state index in [1.807, 2.05) is 0 Å². The Kier molecular flexibility index (Phi) is 15.4. The van der Waals surface area contributed by atoms with E-state index in [0.717, 1.165) is 0 Å². The predicted octanol–water partition coefficient (Wildman–Crippen LogP) is -0.771. The summed E-state index contributed by atoms with van der Waals surface area (Å²) in [5.41, 5.74) is 3.46. The molecular formula is C29H16Br4N2Na2O10. The first-order valence-electron chi connectivity index (χ1n) is 12.4. The minimum Gasteiger partial charge on any atom is -0.871 e. The van der Waals surface area contributed by atoms with Gasteiger partial charge in [0.15, 0.2) is 16.8 Å². The maximum absolute atomic E-state index is 12.4. The van der Waals surface area contributed by atoms with Crippen molar-refractivity contribution >= 4 is 86.6 Å². The number of hydrazine groups is 1. The number of hydrogen-bond donors (Lipinski definition) is 3. The molecule has 0 fully saturated rings. The van der Waals surface area contributed by atoms with Gasteiger partial charge in [0.1, 0.15) is 15.8 Å². The molecule has 3 aromatic rings. The summed E-state index contributed by atoms with van der Waals surface area (Å²) in [6, 6.07) is 14.0. The van der Waals surface area contributed by atoms with Crippen LogP contribution in [0.5, 0.6) is 11.5 Å². The van der Waals surface area contributed by atoms with E-state index in [2.05, 4.69) is 63.7 Å². The largest absolute Gasteiger partial charge is 1.00 e. The number of halogens is 4. The van der Waals surface area contributed by atoms with Gasteiger partial charge in [-0.25, -0.2) is 14.9 Å². The summed E-state index contributed by atoms with van der Waals surface area (Å²) in [4.78, 5) is 45.0. The van der Waals surface area contributed by atoms with E-state index in [-0.39, 0.29) is 117 Å². The average molecular weight is 918 g/mol. The normalized spacial score (nSPS) is 11.0. The molecule has 5 rings (SSSR count). The number of hydrogen-bond acceptors (Lipinski definition) is 9. The maximum atomic E-state index is 12.4. The van der Waals surface area contributed by atoms with Gasteiger partial charge in [-0.2, -0.15) is 0 Å². The van der Waals surface area contributed by atoms with Gasteiger partial charge in [-0.3, -0.25) is 4.79 Å². The van der Waals surface area contributed by atoms with Crippen molar-refractivity contribution in [2.45, 2.75) is 12.5 Å². The van der Waals surface area contributed by atoms with Crippen LogP contribution in [0, 0.1) is 10.1 Å². The Hall–Kier alpha value is -1.99. The summed E-state index contributed by atoms with van der Waals surface area (Å²) in [6.07, 6.45) is -0.0312. The van der Waals surface area contributed by atoms with Crippen molar-refractivity contribution in [3.63, 3.8) is 0 Å². The van der Waals surface area contributed by atoms with E-state index in [1.54, 1.807) is 35.8 Å². The monoisotopic (exact) mass is 914 g/mol. The molecule has 1 atom stereocenters. The number of carbonyl (C=O) groups is 2. The van der Waals surface area contributed by atoms with Crippen molar-refractivity contribution in [3.8, 4) is 33.9 Å². The van der Waals surface area contributed by atoms with Crippen LogP contribution < -0.4 is 80.2 Å². The molecule has 3 aromatic carbocycles. The van der Waals surface area contributed by atoms with Crippen molar-refractivity contribution in [2.75, 3.05) is 0 Å². The predicted molar refractivity (Wildman–Crippen MR) is 172 cm³/mol. The molecule has 0 bridgehead atoms. The molecule has 0 radical (unpaired) electrons. The van der Waals surface area contributed by atoms with Crippen molar-refractivity contribution in [3.05, 3.63) is 110 Å². The number of nitro groups is 1. The number of carboxylic acids is 2. The van der Waals surface area contributed by atoms with Crippen LogP contribution >= 0.6 is 63.7 Å². The maximum Gasteiger partial charge on any atom is 1.00 e. The standard InChI is InChI=1S/C20H8Br4O5.C9H10N2O5.2Na/c21-11-5-9-13(7-3-1-2-4-8(7)20(27)28)10-6-12(22)17(26)15(24)19(10)29-18(9)14(23)16(11)25;12-7-3-1-6(2-4-7)5-8(9(13)14)10-11(15)16;;/h1-6,25H,(H,27,28);1-4,8,10,12H,5H2,(H,13,14);;/q;;2*+1/p-2. The number of aromatic hydroxyl groups is 1. The molecule has 0 saturated heterocycles. The molecule has 18 heteroatoms.